The molecule has 98 valence electrons. The van der Waals surface area contributed by atoms with Gasteiger partial charge in [-0.05, 0) is 28.1 Å². The zero-order valence-corrected chi connectivity index (χ0v) is 12.3. The van der Waals surface area contributed by atoms with Gasteiger partial charge in [0.25, 0.3) is 0 Å². The van der Waals surface area contributed by atoms with E-state index in [2.05, 4.69) is 31.2 Å². The molecule has 0 saturated heterocycles. The van der Waals surface area contributed by atoms with Crippen LogP contribution in [0.3, 0.4) is 0 Å². The van der Waals surface area contributed by atoms with Gasteiger partial charge in [-0.3, -0.25) is 0 Å². The number of aromatic nitrogens is 4. The molecule has 6 nitrogen and oxygen atoms in total. The van der Waals surface area contributed by atoms with Gasteiger partial charge in [-0.2, -0.15) is 9.61 Å². The van der Waals surface area contributed by atoms with E-state index < -0.39 is 0 Å². The number of phenols is 1. The first-order valence-corrected chi connectivity index (χ1v) is 6.99. The van der Waals surface area contributed by atoms with Crippen molar-refractivity contribution in [3.8, 4) is 16.3 Å². The Kier molecular flexibility index (Phi) is 3.21. The molecule has 19 heavy (non-hydrogen) atoms. The maximum atomic E-state index is 9.70. The van der Waals surface area contributed by atoms with Crippen LogP contribution < -0.4 is 0 Å². The summed E-state index contributed by atoms with van der Waals surface area (Å²) >= 11 is 4.66. The van der Waals surface area contributed by atoms with E-state index in [1.165, 1.54) is 11.3 Å². The predicted molar refractivity (Wildman–Crippen MR) is 74.2 cm³/mol. The number of hydrogen-bond donors (Lipinski definition) is 1. The van der Waals surface area contributed by atoms with E-state index in [4.69, 9.17) is 4.74 Å². The molecule has 0 bridgehead atoms. The molecule has 2 heterocycles. The van der Waals surface area contributed by atoms with Gasteiger partial charge in [-0.15, -0.1) is 10.2 Å². The summed E-state index contributed by atoms with van der Waals surface area (Å²) in [4.78, 5) is 0.699. The van der Waals surface area contributed by atoms with Crippen molar-refractivity contribution >= 4 is 32.2 Å². The lowest BCUT2D eigenvalue weighted by atomic mass is 10.2. The van der Waals surface area contributed by atoms with Crippen molar-refractivity contribution < 1.29 is 9.84 Å². The van der Waals surface area contributed by atoms with Gasteiger partial charge < -0.3 is 9.84 Å². The van der Waals surface area contributed by atoms with Crippen LogP contribution in [0.4, 0.5) is 0 Å². The van der Waals surface area contributed by atoms with E-state index in [0.717, 1.165) is 10.6 Å². The molecular formula is C11H9BrN4O2S. The summed E-state index contributed by atoms with van der Waals surface area (Å²) < 4.78 is 7.35. The minimum Gasteiger partial charge on any atom is -0.507 e. The van der Waals surface area contributed by atoms with E-state index in [1.807, 2.05) is 6.07 Å². The van der Waals surface area contributed by atoms with Crippen molar-refractivity contribution in [3.05, 3.63) is 28.5 Å². The number of benzene rings is 1. The normalized spacial score (nSPS) is 11.3. The lowest BCUT2D eigenvalue weighted by molar-refractivity contribution is 0.176. The molecule has 8 heteroatoms. The van der Waals surface area contributed by atoms with Crippen LogP contribution in [-0.2, 0) is 11.3 Å². The van der Waals surface area contributed by atoms with Gasteiger partial charge in [0.05, 0.1) is 4.47 Å². The molecule has 1 aromatic carbocycles. The summed E-state index contributed by atoms with van der Waals surface area (Å²) in [7, 11) is 1.60. The first kappa shape index (κ1) is 12.5. The average molecular weight is 341 g/mol. The number of rotatable bonds is 3. The maximum absolute atomic E-state index is 9.70. The monoisotopic (exact) mass is 340 g/mol. The number of fused-ring (bicyclic) bond motifs is 1. The number of hydrogen-bond acceptors (Lipinski definition) is 6. The van der Waals surface area contributed by atoms with Gasteiger partial charge in [0.1, 0.15) is 17.4 Å². The van der Waals surface area contributed by atoms with Crippen molar-refractivity contribution in [3.63, 3.8) is 0 Å². The molecule has 0 fully saturated rings. The third-order valence-corrected chi connectivity index (χ3v) is 4.14. The minimum atomic E-state index is 0.181. The Hall–Kier alpha value is -1.51. The molecule has 0 atom stereocenters. The van der Waals surface area contributed by atoms with E-state index in [1.54, 1.807) is 23.8 Å². The van der Waals surface area contributed by atoms with Gasteiger partial charge in [-0.25, -0.2) is 0 Å². The fourth-order valence-electron chi connectivity index (χ4n) is 1.64. The summed E-state index contributed by atoms with van der Waals surface area (Å²) in [6.07, 6.45) is 0. The summed E-state index contributed by atoms with van der Waals surface area (Å²) in [5.74, 6) is 0.835. The average Bonchev–Trinajstić information content (AvgIpc) is 2.95. The highest BCUT2D eigenvalue weighted by Gasteiger charge is 2.13. The van der Waals surface area contributed by atoms with Crippen LogP contribution in [0.15, 0.2) is 22.7 Å². The third kappa shape index (κ3) is 2.22. The van der Waals surface area contributed by atoms with E-state index >= 15 is 0 Å². The number of methoxy groups -OCH3 is 1. The molecule has 1 N–H and O–H groups in total. The van der Waals surface area contributed by atoms with E-state index in [9.17, 15) is 5.11 Å². The molecule has 3 aromatic rings. The fraction of sp³-hybridized carbons (Fsp3) is 0.182. The Morgan fingerprint density at radius 1 is 1.42 bits per heavy atom. The van der Waals surface area contributed by atoms with Gasteiger partial charge in [0.15, 0.2) is 5.82 Å². The van der Waals surface area contributed by atoms with Crippen molar-refractivity contribution in [1.29, 1.82) is 0 Å². The Bertz CT molecular complexity index is 739. The first-order chi connectivity index (χ1) is 9.19. The Morgan fingerprint density at radius 2 is 2.26 bits per heavy atom. The number of phenolic OH excluding ortho intramolecular Hbond substituents is 1. The standard InChI is InChI=1S/C11H9BrN4O2S/c1-18-5-9-13-14-11-16(9)15-10(19-11)6-2-3-7(12)8(17)4-6/h2-4,17H,5H2,1H3. The topological polar surface area (TPSA) is 72.5 Å². The molecule has 0 amide bonds. The Labute approximate surface area is 120 Å². The second-order valence-corrected chi connectivity index (χ2v) is 5.63. The molecule has 3 rings (SSSR count). The van der Waals surface area contributed by atoms with Crippen molar-refractivity contribution in [2.75, 3.05) is 7.11 Å². The molecular weight excluding hydrogens is 332 g/mol. The summed E-state index contributed by atoms with van der Waals surface area (Å²) in [5, 5.41) is 22.9. The van der Waals surface area contributed by atoms with Gasteiger partial charge in [0, 0.05) is 12.7 Å². The van der Waals surface area contributed by atoms with Crippen LogP contribution in [0, 0.1) is 0 Å². The van der Waals surface area contributed by atoms with E-state index in [0.29, 0.717) is 21.9 Å². The smallest absolute Gasteiger partial charge is 0.235 e. The lowest BCUT2D eigenvalue weighted by Gasteiger charge is -1.99. The number of halogens is 1. The fourth-order valence-corrected chi connectivity index (χ4v) is 2.74. The third-order valence-electron chi connectivity index (χ3n) is 2.52. The largest absolute Gasteiger partial charge is 0.507 e. The second kappa shape index (κ2) is 4.87. The van der Waals surface area contributed by atoms with Crippen molar-refractivity contribution in [2.45, 2.75) is 6.61 Å². The number of aromatic hydroxyl groups is 1. The van der Waals surface area contributed by atoms with Gasteiger partial charge >= 0.3 is 0 Å². The zero-order valence-electron chi connectivity index (χ0n) is 9.87. The SMILES string of the molecule is COCc1nnc2sc(-c3ccc(Br)c(O)c3)nn12. The van der Waals surface area contributed by atoms with Crippen LogP contribution in [0.2, 0.25) is 0 Å². The molecule has 2 aromatic heterocycles. The molecule has 0 saturated carbocycles. The van der Waals surface area contributed by atoms with E-state index in [-0.39, 0.29) is 5.75 Å². The van der Waals surface area contributed by atoms with Crippen LogP contribution in [0.25, 0.3) is 15.5 Å². The highest BCUT2D eigenvalue weighted by Crippen LogP contribution is 2.32. The first-order valence-electron chi connectivity index (χ1n) is 5.38. The lowest BCUT2D eigenvalue weighted by Crippen LogP contribution is -1.97. The summed E-state index contributed by atoms with van der Waals surface area (Å²) in [6.45, 7) is 0.357. The highest BCUT2D eigenvalue weighted by molar-refractivity contribution is 9.10. The van der Waals surface area contributed by atoms with Crippen LogP contribution in [0.1, 0.15) is 5.82 Å². The molecule has 0 radical (unpaired) electrons. The van der Waals surface area contributed by atoms with Gasteiger partial charge in [-0.1, -0.05) is 17.4 Å². The van der Waals surface area contributed by atoms with Crippen molar-refractivity contribution in [2.24, 2.45) is 0 Å². The van der Waals surface area contributed by atoms with Crippen LogP contribution in [0.5, 0.6) is 5.75 Å². The quantitative estimate of drug-likeness (QED) is 0.792. The predicted octanol–water partition coefficient (Wildman–Crippen LogP) is 2.47. The maximum Gasteiger partial charge on any atom is 0.235 e. The van der Waals surface area contributed by atoms with Gasteiger partial charge in [0.2, 0.25) is 4.96 Å². The zero-order chi connectivity index (χ0) is 13.4. The Balaban J connectivity index is 2.07. The number of ether oxygens (including phenoxy) is 1. The molecule has 0 aliphatic rings. The molecule has 0 aliphatic carbocycles. The highest BCUT2D eigenvalue weighted by atomic mass is 79.9. The van der Waals surface area contributed by atoms with Crippen LogP contribution >= 0.6 is 27.3 Å². The summed E-state index contributed by atoms with van der Waals surface area (Å²) in [5.41, 5.74) is 0.833. The second-order valence-electron chi connectivity index (χ2n) is 3.82. The van der Waals surface area contributed by atoms with Crippen molar-refractivity contribution in [1.82, 2.24) is 19.8 Å². The molecule has 0 unspecified atom stereocenters. The Morgan fingerprint density at radius 3 is 3.00 bits per heavy atom. The molecule has 0 aliphatic heterocycles. The minimum absolute atomic E-state index is 0.181. The van der Waals surface area contributed by atoms with Crippen LogP contribution in [-0.4, -0.2) is 32.0 Å². The number of nitrogens with zero attached hydrogens (tertiary/aromatic N) is 4. The summed E-state index contributed by atoms with van der Waals surface area (Å²) in [6, 6.07) is 5.32. The molecule has 0 spiro atoms.